The summed E-state index contributed by atoms with van der Waals surface area (Å²) in [6.45, 7) is 1.87. The molecule has 0 radical (unpaired) electrons. The van der Waals surface area contributed by atoms with Gasteiger partial charge in [-0.3, -0.25) is 9.59 Å². The van der Waals surface area contributed by atoms with Gasteiger partial charge < -0.3 is 19.9 Å². The third kappa shape index (κ3) is 3.72. The van der Waals surface area contributed by atoms with Crippen LogP contribution in [0.1, 0.15) is 31.2 Å². The molecule has 0 atom stereocenters. The predicted octanol–water partition coefficient (Wildman–Crippen LogP) is 2.39. The van der Waals surface area contributed by atoms with Crippen molar-refractivity contribution in [3.63, 3.8) is 0 Å². The number of carbonyl (C=O) groups is 2. The number of hydrogen-bond donors (Lipinski definition) is 2. The second-order valence-corrected chi connectivity index (χ2v) is 7.52. The number of hydrogen-bond acceptors (Lipinski definition) is 4. The molecular weight excluding hydrogens is 358 g/mol. The molecule has 2 heterocycles. The van der Waals surface area contributed by atoms with Gasteiger partial charge in [0, 0.05) is 38.0 Å². The lowest BCUT2D eigenvalue weighted by atomic mass is 9.72. The normalized spacial score (nSPS) is 21.7. The van der Waals surface area contributed by atoms with E-state index in [2.05, 4.69) is 5.32 Å². The molecule has 1 amide bonds. The van der Waals surface area contributed by atoms with Crippen molar-refractivity contribution in [3.8, 4) is 0 Å². The van der Waals surface area contributed by atoms with Gasteiger partial charge in [0.05, 0.1) is 10.8 Å². The van der Waals surface area contributed by atoms with E-state index in [0.29, 0.717) is 57.1 Å². The topological polar surface area (TPSA) is 84.9 Å². The monoisotopic (exact) mass is 381 g/mol. The third-order valence-corrected chi connectivity index (χ3v) is 5.88. The Labute approximate surface area is 157 Å². The van der Waals surface area contributed by atoms with E-state index < -0.39 is 16.8 Å². The largest absolute Gasteiger partial charge is 0.481 e. The van der Waals surface area contributed by atoms with E-state index in [1.54, 1.807) is 6.07 Å². The Hall–Kier alpha value is -1.63. The van der Waals surface area contributed by atoms with Crippen molar-refractivity contribution < 1.29 is 24.2 Å². The molecule has 2 N–H and O–H groups in total. The number of aliphatic carboxylic acids is 1. The van der Waals surface area contributed by atoms with Gasteiger partial charge >= 0.3 is 5.97 Å². The summed E-state index contributed by atoms with van der Waals surface area (Å²) in [6.07, 6.45) is 1.89. The quantitative estimate of drug-likeness (QED) is 0.818. The van der Waals surface area contributed by atoms with Crippen LogP contribution in [0.25, 0.3) is 0 Å². The molecule has 1 aromatic carbocycles. The van der Waals surface area contributed by atoms with E-state index >= 15 is 0 Å². The smallest absolute Gasteiger partial charge is 0.311 e. The Balaban J connectivity index is 1.81. The van der Waals surface area contributed by atoms with Crippen LogP contribution in [-0.2, 0) is 24.5 Å². The van der Waals surface area contributed by atoms with Crippen LogP contribution >= 0.6 is 11.6 Å². The van der Waals surface area contributed by atoms with Gasteiger partial charge in [0.2, 0.25) is 5.91 Å². The van der Waals surface area contributed by atoms with Gasteiger partial charge in [-0.1, -0.05) is 23.7 Å². The van der Waals surface area contributed by atoms with Crippen LogP contribution < -0.4 is 5.32 Å². The van der Waals surface area contributed by atoms with Crippen molar-refractivity contribution in [2.75, 3.05) is 33.0 Å². The highest BCUT2D eigenvalue weighted by atomic mass is 35.5. The number of halogens is 1. The Morgan fingerprint density at radius 1 is 1.08 bits per heavy atom. The van der Waals surface area contributed by atoms with Gasteiger partial charge in [-0.25, -0.2) is 0 Å². The van der Waals surface area contributed by atoms with E-state index in [9.17, 15) is 14.7 Å². The second kappa shape index (κ2) is 7.94. The Kier molecular flexibility index (Phi) is 5.85. The minimum Gasteiger partial charge on any atom is -0.481 e. The van der Waals surface area contributed by atoms with Crippen LogP contribution in [0.2, 0.25) is 5.02 Å². The number of nitrogens with one attached hydrogen (secondary N) is 1. The zero-order valence-corrected chi connectivity index (χ0v) is 15.4. The molecule has 2 fully saturated rings. The fourth-order valence-electron chi connectivity index (χ4n) is 3.80. The number of benzene rings is 1. The Bertz CT molecular complexity index is 666. The molecule has 1 aromatic rings. The fraction of sp³-hybridized carbons (Fsp3) is 0.579. The van der Waals surface area contributed by atoms with Gasteiger partial charge in [-0.15, -0.1) is 0 Å². The van der Waals surface area contributed by atoms with Crippen LogP contribution in [0.3, 0.4) is 0 Å². The van der Waals surface area contributed by atoms with E-state index in [1.807, 2.05) is 18.2 Å². The molecule has 3 rings (SSSR count). The average Bonchev–Trinajstić information content (AvgIpc) is 2.67. The molecule has 26 heavy (non-hydrogen) atoms. The Morgan fingerprint density at radius 2 is 1.69 bits per heavy atom. The van der Waals surface area contributed by atoms with Crippen LogP contribution in [0, 0.1) is 5.41 Å². The lowest BCUT2D eigenvalue weighted by molar-refractivity contribution is -0.155. The number of carbonyl (C=O) groups excluding carboxylic acids is 1. The maximum Gasteiger partial charge on any atom is 0.311 e. The highest BCUT2D eigenvalue weighted by Gasteiger charge is 2.45. The summed E-state index contributed by atoms with van der Waals surface area (Å²) in [4.78, 5) is 25.0. The van der Waals surface area contributed by atoms with Gasteiger partial charge in [-0.2, -0.15) is 0 Å². The standard InChI is InChI=1S/C19H24ClNO5/c20-15-3-1-2-14(12-15)19(6-10-26-11-7-19)16(22)21-13-18(17(23)24)4-8-25-9-5-18/h1-3,12H,4-11,13H2,(H,21,22)(H,23,24). The van der Waals surface area contributed by atoms with Crippen LogP contribution in [-0.4, -0.2) is 50.0 Å². The van der Waals surface area contributed by atoms with Crippen molar-refractivity contribution >= 4 is 23.5 Å². The first-order valence-electron chi connectivity index (χ1n) is 8.92. The summed E-state index contributed by atoms with van der Waals surface area (Å²) in [5.74, 6) is -1.04. The van der Waals surface area contributed by atoms with Gasteiger partial charge in [-0.05, 0) is 43.4 Å². The minimum atomic E-state index is -0.964. The van der Waals surface area contributed by atoms with Gasteiger partial charge in [0.1, 0.15) is 0 Å². The molecule has 142 valence electrons. The first-order valence-corrected chi connectivity index (χ1v) is 9.30. The van der Waals surface area contributed by atoms with Crippen molar-refractivity contribution in [1.29, 1.82) is 0 Å². The average molecular weight is 382 g/mol. The maximum atomic E-state index is 13.2. The molecule has 0 unspecified atom stereocenters. The highest BCUT2D eigenvalue weighted by Crippen LogP contribution is 2.37. The van der Waals surface area contributed by atoms with E-state index in [4.69, 9.17) is 21.1 Å². The molecule has 0 aromatic heterocycles. The lowest BCUT2D eigenvalue weighted by Crippen LogP contribution is -2.53. The maximum absolute atomic E-state index is 13.2. The molecule has 2 saturated heterocycles. The minimum absolute atomic E-state index is 0.105. The summed E-state index contributed by atoms with van der Waals surface area (Å²) in [5, 5.41) is 13.2. The van der Waals surface area contributed by atoms with Gasteiger partial charge in [0.25, 0.3) is 0 Å². The molecular formula is C19H24ClNO5. The zero-order chi connectivity index (χ0) is 18.6. The fourth-order valence-corrected chi connectivity index (χ4v) is 3.99. The third-order valence-electron chi connectivity index (χ3n) is 5.65. The van der Waals surface area contributed by atoms with Crippen LogP contribution in [0.15, 0.2) is 24.3 Å². The van der Waals surface area contributed by atoms with Crippen molar-refractivity contribution in [2.45, 2.75) is 31.1 Å². The van der Waals surface area contributed by atoms with Crippen LogP contribution in [0.5, 0.6) is 0 Å². The van der Waals surface area contributed by atoms with Crippen molar-refractivity contribution in [1.82, 2.24) is 5.32 Å². The van der Waals surface area contributed by atoms with Crippen molar-refractivity contribution in [3.05, 3.63) is 34.9 Å². The summed E-state index contributed by atoms with van der Waals surface area (Å²) in [5.41, 5.74) is -0.857. The molecule has 0 bridgehead atoms. The second-order valence-electron chi connectivity index (χ2n) is 7.09. The number of amides is 1. The first kappa shape index (κ1) is 19.1. The Morgan fingerprint density at radius 3 is 2.27 bits per heavy atom. The first-order chi connectivity index (χ1) is 12.5. The number of carboxylic acids is 1. The number of rotatable bonds is 5. The summed E-state index contributed by atoms with van der Waals surface area (Å²) < 4.78 is 10.7. The highest BCUT2D eigenvalue weighted by molar-refractivity contribution is 6.30. The summed E-state index contributed by atoms with van der Waals surface area (Å²) in [6, 6.07) is 7.32. The zero-order valence-electron chi connectivity index (χ0n) is 14.6. The molecule has 2 aliphatic heterocycles. The SMILES string of the molecule is O=C(O)C1(CNC(=O)C2(c3cccc(Cl)c3)CCOCC2)CCOCC1. The molecule has 7 heteroatoms. The summed E-state index contributed by atoms with van der Waals surface area (Å²) >= 11 is 6.14. The van der Waals surface area contributed by atoms with Crippen LogP contribution in [0.4, 0.5) is 0 Å². The molecule has 2 aliphatic rings. The number of carboxylic acid groups (broad SMARTS) is 1. The van der Waals surface area contributed by atoms with Gasteiger partial charge in [0.15, 0.2) is 0 Å². The molecule has 0 spiro atoms. The molecule has 0 saturated carbocycles. The molecule has 0 aliphatic carbocycles. The lowest BCUT2D eigenvalue weighted by Gasteiger charge is -2.38. The van der Waals surface area contributed by atoms with E-state index in [-0.39, 0.29) is 12.5 Å². The van der Waals surface area contributed by atoms with E-state index in [0.717, 1.165) is 5.56 Å². The van der Waals surface area contributed by atoms with Crippen molar-refractivity contribution in [2.24, 2.45) is 5.41 Å². The number of ether oxygens (including phenoxy) is 2. The van der Waals surface area contributed by atoms with E-state index in [1.165, 1.54) is 0 Å². The summed E-state index contributed by atoms with van der Waals surface area (Å²) in [7, 11) is 0. The molecule has 6 nitrogen and oxygen atoms in total. The predicted molar refractivity (Wildman–Crippen MR) is 96.3 cm³/mol.